The third kappa shape index (κ3) is 3.03. The van der Waals surface area contributed by atoms with E-state index in [1.54, 1.807) is 0 Å². The van der Waals surface area contributed by atoms with E-state index in [1.165, 1.54) is 30.8 Å². The highest BCUT2D eigenvalue weighted by Gasteiger charge is 2.18. The van der Waals surface area contributed by atoms with Crippen LogP contribution in [-0.4, -0.2) is 37.2 Å². The van der Waals surface area contributed by atoms with Gasteiger partial charge in [0, 0.05) is 14.1 Å². The van der Waals surface area contributed by atoms with Crippen molar-refractivity contribution in [3.05, 3.63) is 39.0 Å². The van der Waals surface area contributed by atoms with Crippen molar-refractivity contribution >= 4 is 26.9 Å². The molecule has 0 radical (unpaired) electrons. The van der Waals surface area contributed by atoms with Crippen LogP contribution in [0.3, 0.4) is 0 Å². The van der Waals surface area contributed by atoms with E-state index in [1.807, 2.05) is 0 Å². The fourth-order valence-corrected chi connectivity index (χ4v) is 3.05. The number of rotatable bonds is 4. The van der Waals surface area contributed by atoms with Crippen molar-refractivity contribution < 1.29 is 17.9 Å². The Hall–Kier alpha value is -2.46. The first-order chi connectivity index (χ1) is 10.7. The van der Waals surface area contributed by atoms with Gasteiger partial charge in [0.1, 0.15) is 6.54 Å². The number of aromatic nitrogens is 2. The summed E-state index contributed by atoms with van der Waals surface area (Å²) in [4.78, 5) is 34.8. The summed E-state index contributed by atoms with van der Waals surface area (Å²) in [6.07, 6.45) is 0. The molecule has 10 heteroatoms. The predicted molar refractivity (Wildman–Crippen MR) is 81.6 cm³/mol. The molecule has 0 saturated carbocycles. The molecule has 23 heavy (non-hydrogen) atoms. The Morgan fingerprint density at radius 3 is 2.48 bits per heavy atom. The first-order valence-electron chi connectivity index (χ1n) is 6.45. The molecule has 0 aliphatic rings. The zero-order valence-electron chi connectivity index (χ0n) is 12.7. The van der Waals surface area contributed by atoms with E-state index in [-0.39, 0.29) is 10.3 Å². The van der Waals surface area contributed by atoms with Crippen LogP contribution in [-0.2, 0) is 33.7 Å². The van der Waals surface area contributed by atoms with Crippen molar-refractivity contribution in [2.45, 2.75) is 4.90 Å². The molecule has 124 valence electrons. The highest BCUT2D eigenvalue weighted by atomic mass is 32.2. The number of nitrogens with zero attached hydrogens (tertiary/aromatic N) is 2. The van der Waals surface area contributed by atoms with Gasteiger partial charge in [0.05, 0.1) is 22.9 Å². The molecule has 9 nitrogen and oxygen atoms in total. The highest BCUT2D eigenvalue weighted by Crippen LogP contribution is 2.15. The topological polar surface area (TPSA) is 116 Å². The van der Waals surface area contributed by atoms with E-state index in [9.17, 15) is 22.8 Å². The van der Waals surface area contributed by atoms with Gasteiger partial charge in [0.2, 0.25) is 10.0 Å². The van der Waals surface area contributed by atoms with Crippen LogP contribution in [0.4, 0.5) is 0 Å². The Morgan fingerprint density at radius 2 is 1.87 bits per heavy atom. The number of benzene rings is 1. The zero-order valence-corrected chi connectivity index (χ0v) is 13.5. The number of hydrogen-bond acceptors (Lipinski definition) is 6. The van der Waals surface area contributed by atoms with Crippen LogP contribution >= 0.6 is 0 Å². The summed E-state index contributed by atoms with van der Waals surface area (Å²) in [5.41, 5.74) is -0.806. The Labute approximate surface area is 131 Å². The number of methoxy groups -OCH3 is 1. The summed E-state index contributed by atoms with van der Waals surface area (Å²) in [6.45, 7) is -0.526. The quantitative estimate of drug-likeness (QED) is 0.690. The third-order valence-electron chi connectivity index (χ3n) is 3.38. The summed E-state index contributed by atoms with van der Waals surface area (Å²) in [6, 6.07) is 3.78. The van der Waals surface area contributed by atoms with E-state index in [4.69, 9.17) is 0 Å². The molecule has 0 aliphatic heterocycles. The van der Waals surface area contributed by atoms with Gasteiger partial charge in [0.15, 0.2) is 0 Å². The van der Waals surface area contributed by atoms with Crippen molar-refractivity contribution in [3.63, 3.8) is 0 Å². The molecule has 0 bridgehead atoms. The largest absolute Gasteiger partial charge is 0.468 e. The number of fused-ring (bicyclic) bond motifs is 1. The van der Waals surface area contributed by atoms with Gasteiger partial charge in [-0.05, 0) is 18.2 Å². The third-order valence-corrected chi connectivity index (χ3v) is 4.78. The standard InChI is InChI=1S/C13H15N3O6S/c1-15-10-5-4-8(23(20,21)14-7-11(17)22-3)6-9(10)12(18)16(2)13(15)19/h4-6,14H,7H2,1-3H3. The monoisotopic (exact) mass is 341 g/mol. The maximum Gasteiger partial charge on any atom is 0.330 e. The molecule has 0 atom stereocenters. The first-order valence-corrected chi connectivity index (χ1v) is 7.93. The number of hydrogen-bond donors (Lipinski definition) is 1. The van der Waals surface area contributed by atoms with Gasteiger partial charge in [-0.3, -0.25) is 18.7 Å². The lowest BCUT2D eigenvalue weighted by atomic mass is 10.2. The van der Waals surface area contributed by atoms with Crippen LogP contribution in [0.25, 0.3) is 10.9 Å². The van der Waals surface area contributed by atoms with E-state index in [0.717, 1.165) is 17.7 Å². The Balaban J connectivity index is 2.59. The van der Waals surface area contributed by atoms with Gasteiger partial charge in [-0.25, -0.2) is 13.2 Å². The molecule has 0 unspecified atom stereocenters. The van der Waals surface area contributed by atoms with Crippen LogP contribution in [0.2, 0.25) is 0 Å². The number of sulfonamides is 1. The summed E-state index contributed by atoms with van der Waals surface area (Å²) < 4.78 is 32.9. The lowest BCUT2D eigenvalue weighted by Crippen LogP contribution is -2.37. The first kappa shape index (κ1) is 16.9. The van der Waals surface area contributed by atoms with Crippen LogP contribution < -0.4 is 16.0 Å². The molecule has 0 amide bonds. The van der Waals surface area contributed by atoms with Gasteiger partial charge < -0.3 is 4.74 Å². The second-order valence-electron chi connectivity index (χ2n) is 4.79. The smallest absolute Gasteiger partial charge is 0.330 e. The number of carbonyl (C=O) groups excluding carboxylic acids is 1. The van der Waals surface area contributed by atoms with Crippen molar-refractivity contribution in [1.82, 2.24) is 13.9 Å². The molecule has 1 aromatic carbocycles. The fourth-order valence-electron chi connectivity index (χ4n) is 2.05. The van der Waals surface area contributed by atoms with Crippen LogP contribution in [0.15, 0.2) is 32.7 Å². The van der Waals surface area contributed by atoms with E-state index in [2.05, 4.69) is 9.46 Å². The molecular formula is C13H15N3O6S. The van der Waals surface area contributed by atoms with E-state index in [0.29, 0.717) is 5.52 Å². The molecule has 2 aromatic rings. The number of esters is 1. The maximum atomic E-state index is 12.2. The zero-order chi connectivity index (χ0) is 17.4. The molecule has 0 spiro atoms. The minimum Gasteiger partial charge on any atom is -0.468 e. The van der Waals surface area contributed by atoms with Crippen LogP contribution in [0.1, 0.15) is 0 Å². The second kappa shape index (κ2) is 5.97. The van der Waals surface area contributed by atoms with E-state index < -0.39 is 33.8 Å². The van der Waals surface area contributed by atoms with E-state index >= 15 is 0 Å². The van der Waals surface area contributed by atoms with Crippen LogP contribution in [0, 0.1) is 0 Å². The second-order valence-corrected chi connectivity index (χ2v) is 6.55. The molecule has 2 rings (SSSR count). The molecule has 0 saturated heterocycles. The lowest BCUT2D eigenvalue weighted by Gasteiger charge is -2.10. The summed E-state index contributed by atoms with van der Waals surface area (Å²) in [5, 5.41) is 0.0792. The Bertz CT molecular complexity index is 1000. The van der Waals surface area contributed by atoms with Gasteiger partial charge >= 0.3 is 11.7 Å². The van der Waals surface area contributed by atoms with Crippen molar-refractivity contribution in [1.29, 1.82) is 0 Å². The van der Waals surface area contributed by atoms with Gasteiger partial charge in [-0.2, -0.15) is 4.72 Å². The average Bonchev–Trinajstić information content (AvgIpc) is 2.55. The fraction of sp³-hybridized carbons (Fsp3) is 0.308. The maximum absolute atomic E-state index is 12.2. The molecule has 0 aliphatic carbocycles. The molecule has 1 heterocycles. The van der Waals surface area contributed by atoms with Gasteiger partial charge in [-0.15, -0.1) is 0 Å². The SMILES string of the molecule is COC(=O)CNS(=O)(=O)c1ccc2c(c1)c(=O)n(C)c(=O)n2C. The molecule has 1 N–H and O–H groups in total. The Kier molecular flexibility index (Phi) is 4.39. The van der Waals surface area contributed by atoms with Crippen molar-refractivity contribution in [3.8, 4) is 0 Å². The normalized spacial score (nSPS) is 11.6. The number of carbonyl (C=O) groups is 1. The van der Waals surface area contributed by atoms with Crippen molar-refractivity contribution in [2.75, 3.05) is 13.7 Å². The lowest BCUT2D eigenvalue weighted by molar-refractivity contribution is -0.139. The summed E-state index contributed by atoms with van der Waals surface area (Å²) in [5.74, 6) is -0.743. The summed E-state index contributed by atoms with van der Waals surface area (Å²) in [7, 11) is -0.0738. The molecule has 1 aromatic heterocycles. The number of nitrogens with one attached hydrogen (secondary N) is 1. The van der Waals surface area contributed by atoms with Crippen LogP contribution in [0.5, 0.6) is 0 Å². The number of ether oxygens (including phenoxy) is 1. The molecule has 0 fully saturated rings. The number of aryl methyl sites for hydroxylation is 1. The predicted octanol–water partition coefficient (Wildman–Crippen LogP) is -1.31. The Morgan fingerprint density at radius 1 is 1.22 bits per heavy atom. The van der Waals surface area contributed by atoms with Gasteiger partial charge in [0.25, 0.3) is 5.56 Å². The highest BCUT2D eigenvalue weighted by molar-refractivity contribution is 7.89. The molecular weight excluding hydrogens is 326 g/mol. The minimum atomic E-state index is -4.00. The van der Waals surface area contributed by atoms with Crippen molar-refractivity contribution in [2.24, 2.45) is 14.1 Å². The van der Waals surface area contributed by atoms with Gasteiger partial charge in [-0.1, -0.05) is 0 Å². The minimum absolute atomic E-state index is 0.0792. The average molecular weight is 341 g/mol. The summed E-state index contributed by atoms with van der Waals surface area (Å²) >= 11 is 0.